The van der Waals surface area contributed by atoms with Gasteiger partial charge in [-0.05, 0) is 43.5 Å². The number of aryl methyl sites for hydroxylation is 2. The molecule has 2 aromatic rings. The van der Waals surface area contributed by atoms with Crippen LogP contribution in [0.25, 0.3) is 0 Å². The van der Waals surface area contributed by atoms with Crippen LogP contribution in [-0.2, 0) is 19.3 Å². The monoisotopic (exact) mass is 287 g/mol. The van der Waals surface area contributed by atoms with Crippen LogP contribution in [0, 0.1) is 6.92 Å². The van der Waals surface area contributed by atoms with Crippen LogP contribution >= 0.6 is 11.8 Å². The molecule has 106 valence electrons. The molecule has 0 atom stereocenters. The van der Waals surface area contributed by atoms with Crippen molar-refractivity contribution in [2.24, 2.45) is 7.05 Å². The summed E-state index contributed by atoms with van der Waals surface area (Å²) in [6.07, 6.45) is 2.69. The summed E-state index contributed by atoms with van der Waals surface area (Å²) in [5.41, 5.74) is 3.73. The Morgan fingerprint density at radius 1 is 1.30 bits per heavy atom. The first-order valence-electron chi connectivity index (χ1n) is 7.15. The maximum absolute atomic E-state index is 4.38. The fourth-order valence-electron chi connectivity index (χ4n) is 2.21. The van der Waals surface area contributed by atoms with E-state index in [-0.39, 0.29) is 0 Å². The van der Waals surface area contributed by atoms with E-state index in [0.717, 1.165) is 24.0 Å². The standard InChI is InChI=1S/C16H21N3S/c1-12-9-15(19(2)18-12)11-20-16-7-3-13(4-8-16)10-17-14-5-6-14/h3-4,7-9,14,17H,5-6,10-11H2,1-2H3. The molecule has 0 unspecified atom stereocenters. The van der Waals surface area contributed by atoms with Gasteiger partial charge in [0.2, 0.25) is 0 Å². The molecule has 1 aromatic carbocycles. The number of nitrogens with zero attached hydrogens (tertiary/aromatic N) is 2. The van der Waals surface area contributed by atoms with Crippen LogP contribution in [0.2, 0.25) is 0 Å². The highest BCUT2D eigenvalue weighted by atomic mass is 32.2. The molecule has 0 amide bonds. The molecule has 0 aliphatic heterocycles. The Morgan fingerprint density at radius 3 is 2.65 bits per heavy atom. The predicted octanol–water partition coefficient (Wildman–Crippen LogP) is 3.27. The molecule has 0 spiro atoms. The molecule has 1 N–H and O–H groups in total. The summed E-state index contributed by atoms with van der Waals surface area (Å²) in [5, 5.41) is 7.92. The Balaban J connectivity index is 1.53. The van der Waals surface area contributed by atoms with Crippen LogP contribution in [0.5, 0.6) is 0 Å². The number of hydrogen-bond donors (Lipinski definition) is 1. The topological polar surface area (TPSA) is 29.9 Å². The van der Waals surface area contributed by atoms with Gasteiger partial charge in [-0.2, -0.15) is 5.10 Å². The Bertz CT molecular complexity index is 570. The quantitative estimate of drug-likeness (QED) is 0.827. The van der Waals surface area contributed by atoms with Crippen molar-refractivity contribution in [2.45, 2.75) is 43.0 Å². The molecule has 3 nitrogen and oxygen atoms in total. The van der Waals surface area contributed by atoms with Gasteiger partial charge in [-0.1, -0.05) is 12.1 Å². The molecule has 1 aliphatic rings. The molecule has 1 aromatic heterocycles. The number of thioether (sulfide) groups is 1. The van der Waals surface area contributed by atoms with Gasteiger partial charge in [0.1, 0.15) is 0 Å². The van der Waals surface area contributed by atoms with Gasteiger partial charge in [0.15, 0.2) is 0 Å². The van der Waals surface area contributed by atoms with Gasteiger partial charge >= 0.3 is 0 Å². The summed E-state index contributed by atoms with van der Waals surface area (Å²) >= 11 is 1.87. The van der Waals surface area contributed by atoms with E-state index in [1.54, 1.807) is 0 Å². The Morgan fingerprint density at radius 2 is 2.05 bits per heavy atom. The van der Waals surface area contributed by atoms with E-state index >= 15 is 0 Å². The molecule has 1 saturated carbocycles. The molecule has 0 saturated heterocycles. The molecule has 1 heterocycles. The smallest absolute Gasteiger partial charge is 0.0596 e. The minimum atomic E-state index is 0.775. The highest BCUT2D eigenvalue weighted by molar-refractivity contribution is 7.98. The van der Waals surface area contributed by atoms with Crippen LogP contribution in [0.3, 0.4) is 0 Å². The normalized spacial score (nSPS) is 14.7. The third kappa shape index (κ3) is 3.64. The van der Waals surface area contributed by atoms with Gasteiger partial charge in [-0.15, -0.1) is 11.8 Å². The zero-order valence-electron chi connectivity index (χ0n) is 12.1. The molecule has 20 heavy (non-hydrogen) atoms. The van der Waals surface area contributed by atoms with Crippen molar-refractivity contribution in [3.05, 3.63) is 47.3 Å². The zero-order valence-corrected chi connectivity index (χ0v) is 12.9. The highest BCUT2D eigenvalue weighted by Gasteiger charge is 2.19. The number of rotatable bonds is 6. The Hall–Kier alpha value is -1.26. The fraction of sp³-hybridized carbons (Fsp3) is 0.438. The molecule has 3 rings (SSSR count). The minimum absolute atomic E-state index is 0.775. The van der Waals surface area contributed by atoms with E-state index in [1.165, 1.54) is 29.0 Å². The summed E-state index contributed by atoms with van der Waals surface area (Å²) in [7, 11) is 2.01. The molecule has 0 radical (unpaired) electrons. The number of benzene rings is 1. The highest BCUT2D eigenvalue weighted by Crippen LogP contribution is 2.24. The molecular weight excluding hydrogens is 266 g/mol. The number of hydrogen-bond acceptors (Lipinski definition) is 3. The average molecular weight is 287 g/mol. The second-order valence-electron chi connectivity index (χ2n) is 5.49. The summed E-state index contributed by atoms with van der Waals surface area (Å²) in [4.78, 5) is 1.32. The summed E-state index contributed by atoms with van der Waals surface area (Å²) in [6.45, 7) is 3.03. The minimum Gasteiger partial charge on any atom is -0.310 e. The van der Waals surface area contributed by atoms with Crippen molar-refractivity contribution in [3.8, 4) is 0 Å². The van der Waals surface area contributed by atoms with E-state index in [1.807, 2.05) is 30.4 Å². The largest absolute Gasteiger partial charge is 0.310 e. The van der Waals surface area contributed by atoms with Crippen molar-refractivity contribution >= 4 is 11.8 Å². The lowest BCUT2D eigenvalue weighted by Gasteiger charge is -2.05. The van der Waals surface area contributed by atoms with Crippen molar-refractivity contribution in [1.82, 2.24) is 15.1 Å². The lowest BCUT2D eigenvalue weighted by molar-refractivity contribution is 0.687. The number of aromatic nitrogens is 2. The van der Waals surface area contributed by atoms with Crippen molar-refractivity contribution in [3.63, 3.8) is 0 Å². The van der Waals surface area contributed by atoms with Gasteiger partial charge < -0.3 is 5.32 Å². The van der Waals surface area contributed by atoms with Gasteiger partial charge in [-0.3, -0.25) is 4.68 Å². The lowest BCUT2D eigenvalue weighted by atomic mass is 10.2. The van der Waals surface area contributed by atoms with Crippen LogP contribution in [0.4, 0.5) is 0 Å². The summed E-state index contributed by atoms with van der Waals surface area (Å²) in [5.74, 6) is 0.969. The first kappa shape index (κ1) is 13.7. The molecular formula is C16H21N3S. The van der Waals surface area contributed by atoms with Crippen LogP contribution in [-0.4, -0.2) is 15.8 Å². The molecule has 0 bridgehead atoms. The van der Waals surface area contributed by atoms with Crippen LogP contribution in [0.15, 0.2) is 35.2 Å². The van der Waals surface area contributed by atoms with Gasteiger partial charge in [0.25, 0.3) is 0 Å². The second kappa shape index (κ2) is 6.02. The first-order chi connectivity index (χ1) is 9.70. The van der Waals surface area contributed by atoms with E-state index in [2.05, 4.69) is 40.7 Å². The third-order valence-corrected chi connectivity index (χ3v) is 4.63. The van der Waals surface area contributed by atoms with E-state index in [0.29, 0.717) is 0 Å². The maximum atomic E-state index is 4.38. The van der Waals surface area contributed by atoms with Crippen molar-refractivity contribution in [1.29, 1.82) is 0 Å². The molecule has 1 aliphatic carbocycles. The van der Waals surface area contributed by atoms with Crippen LogP contribution < -0.4 is 5.32 Å². The predicted molar refractivity (Wildman–Crippen MR) is 83.8 cm³/mol. The van der Waals surface area contributed by atoms with Gasteiger partial charge in [0.05, 0.1) is 5.69 Å². The maximum Gasteiger partial charge on any atom is 0.0596 e. The molecule has 1 fully saturated rings. The zero-order chi connectivity index (χ0) is 13.9. The number of nitrogens with one attached hydrogen (secondary N) is 1. The van der Waals surface area contributed by atoms with Gasteiger partial charge in [0, 0.05) is 36.0 Å². The summed E-state index contributed by atoms with van der Waals surface area (Å²) in [6, 6.07) is 11.8. The fourth-order valence-corrected chi connectivity index (χ4v) is 3.12. The lowest BCUT2D eigenvalue weighted by Crippen LogP contribution is -2.14. The van der Waals surface area contributed by atoms with E-state index in [4.69, 9.17) is 0 Å². The SMILES string of the molecule is Cc1cc(CSc2ccc(CNC3CC3)cc2)n(C)n1. The second-order valence-corrected chi connectivity index (χ2v) is 6.54. The van der Waals surface area contributed by atoms with Crippen molar-refractivity contribution < 1.29 is 0 Å². The van der Waals surface area contributed by atoms with E-state index < -0.39 is 0 Å². The van der Waals surface area contributed by atoms with Gasteiger partial charge in [-0.25, -0.2) is 0 Å². The average Bonchev–Trinajstić information content (AvgIpc) is 3.21. The van der Waals surface area contributed by atoms with Crippen molar-refractivity contribution in [2.75, 3.05) is 0 Å². The molecule has 4 heteroatoms. The first-order valence-corrected chi connectivity index (χ1v) is 8.14. The Kier molecular flexibility index (Phi) is 4.13. The van der Waals surface area contributed by atoms with E-state index in [9.17, 15) is 0 Å². The Labute approximate surface area is 124 Å². The van der Waals surface area contributed by atoms with Crippen LogP contribution in [0.1, 0.15) is 29.8 Å². The summed E-state index contributed by atoms with van der Waals surface area (Å²) < 4.78 is 1.97. The third-order valence-electron chi connectivity index (χ3n) is 3.58.